The number of rotatable bonds is 11. The number of nitrogens with zero attached hydrogens (tertiary/aromatic N) is 5. The van der Waals surface area contributed by atoms with E-state index >= 15 is 0 Å². The van der Waals surface area contributed by atoms with Gasteiger partial charge in [0.1, 0.15) is 23.0 Å². The molecular formula is C30H34FN7O4. The summed E-state index contributed by atoms with van der Waals surface area (Å²) >= 11 is 0. The number of carbonyl (C=O) groups excluding carboxylic acids is 1. The first-order chi connectivity index (χ1) is 20.0. The number of carbonyl (C=O) groups is 1. The fraction of sp³-hybridized carbons (Fsp3) is 0.267. The van der Waals surface area contributed by atoms with Crippen molar-refractivity contribution in [2.75, 3.05) is 56.9 Å². The monoisotopic (exact) mass is 575 g/mol. The number of ether oxygens (including phenoxy) is 2. The molecule has 42 heavy (non-hydrogen) atoms. The van der Waals surface area contributed by atoms with Crippen LogP contribution in [0.1, 0.15) is 5.56 Å². The van der Waals surface area contributed by atoms with E-state index in [0.717, 1.165) is 12.2 Å². The van der Waals surface area contributed by atoms with Gasteiger partial charge in [-0.25, -0.2) is 9.37 Å². The number of pyridine rings is 1. The maximum atomic E-state index is 13.5. The molecule has 0 aliphatic heterocycles. The van der Waals surface area contributed by atoms with Gasteiger partial charge < -0.3 is 29.9 Å². The van der Waals surface area contributed by atoms with Gasteiger partial charge in [-0.3, -0.25) is 14.2 Å². The number of hydrogen-bond donors (Lipinski definition) is 2. The van der Waals surface area contributed by atoms with E-state index in [4.69, 9.17) is 9.47 Å². The summed E-state index contributed by atoms with van der Waals surface area (Å²) in [5.74, 6) is 0.371. The van der Waals surface area contributed by atoms with Gasteiger partial charge in [-0.2, -0.15) is 4.98 Å². The molecule has 0 fully saturated rings. The van der Waals surface area contributed by atoms with Crippen molar-refractivity contribution in [2.45, 2.75) is 6.92 Å². The van der Waals surface area contributed by atoms with Crippen LogP contribution in [0.5, 0.6) is 17.2 Å². The molecule has 2 aromatic carbocycles. The highest BCUT2D eigenvalue weighted by Crippen LogP contribution is 2.38. The van der Waals surface area contributed by atoms with Gasteiger partial charge in [-0.05, 0) is 63.0 Å². The minimum absolute atomic E-state index is 0.0577. The Morgan fingerprint density at radius 1 is 1.10 bits per heavy atom. The number of likely N-dealkylation sites (N-methyl/N-ethyl adjacent to an activating group) is 2. The quantitative estimate of drug-likeness (QED) is 0.251. The van der Waals surface area contributed by atoms with Gasteiger partial charge in [0, 0.05) is 44.8 Å². The molecule has 1 amide bonds. The average Bonchev–Trinajstić information content (AvgIpc) is 2.96. The maximum absolute atomic E-state index is 13.5. The number of anilines is 4. The summed E-state index contributed by atoms with van der Waals surface area (Å²) < 4.78 is 26.3. The summed E-state index contributed by atoms with van der Waals surface area (Å²) in [5.41, 5.74) is 2.28. The molecule has 220 valence electrons. The largest absolute Gasteiger partial charge is 0.494 e. The Morgan fingerprint density at radius 2 is 1.86 bits per heavy atom. The molecule has 0 spiro atoms. The molecule has 2 heterocycles. The van der Waals surface area contributed by atoms with E-state index in [-0.39, 0.29) is 17.6 Å². The van der Waals surface area contributed by atoms with Crippen LogP contribution in [0.2, 0.25) is 0 Å². The second-order valence-corrected chi connectivity index (χ2v) is 9.97. The molecule has 0 aliphatic rings. The first-order valence-corrected chi connectivity index (χ1v) is 13.1. The molecule has 2 aromatic heterocycles. The highest BCUT2D eigenvalue weighted by atomic mass is 19.1. The minimum atomic E-state index is -0.423. The number of aromatic nitrogens is 3. The number of methoxy groups -OCH3 is 1. The second kappa shape index (κ2) is 12.7. The van der Waals surface area contributed by atoms with Crippen molar-refractivity contribution in [2.24, 2.45) is 7.05 Å². The fourth-order valence-electron chi connectivity index (χ4n) is 4.22. The van der Waals surface area contributed by atoms with Gasteiger partial charge in [-0.15, -0.1) is 0 Å². The molecule has 12 heteroatoms. The predicted octanol–water partition coefficient (Wildman–Crippen LogP) is 4.44. The van der Waals surface area contributed by atoms with Crippen LogP contribution in [0, 0.1) is 12.7 Å². The van der Waals surface area contributed by atoms with Crippen molar-refractivity contribution in [3.8, 4) is 17.2 Å². The van der Waals surface area contributed by atoms with Gasteiger partial charge in [-0.1, -0.05) is 6.58 Å². The zero-order chi connectivity index (χ0) is 30.6. The number of hydrogen-bond acceptors (Lipinski definition) is 9. The Balaban J connectivity index is 1.70. The topological polar surface area (TPSA) is 114 Å². The van der Waals surface area contributed by atoms with E-state index in [9.17, 15) is 14.0 Å². The highest BCUT2D eigenvalue weighted by Gasteiger charge is 2.18. The lowest BCUT2D eigenvalue weighted by Crippen LogP contribution is -2.29. The average molecular weight is 576 g/mol. The standard InChI is InChI=1S/C30H34FN7O4/c1-8-27(39)33-21-15-22(25(41-7)16-23(21)37(5)12-11-36(3)4)34-30-32-17-19-14-26(29(40)38(6)28(19)35-30)42-24-10-9-20(31)13-18(24)2/h8-10,13-17H,1,11-12H2,2-7H3,(H,33,39)(H,32,34,35). The molecule has 4 aromatic rings. The maximum Gasteiger partial charge on any atom is 0.294 e. The number of benzene rings is 2. The summed E-state index contributed by atoms with van der Waals surface area (Å²) in [6.07, 6.45) is 2.76. The molecule has 0 saturated heterocycles. The Kier molecular flexibility index (Phi) is 9.06. The van der Waals surface area contributed by atoms with Crippen LogP contribution in [-0.2, 0) is 11.8 Å². The van der Waals surface area contributed by atoms with E-state index in [2.05, 4.69) is 32.1 Å². The van der Waals surface area contributed by atoms with Gasteiger partial charge in [0.2, 0.25) is 11.9 Å². The summed E-state index contributed by atoms with van der Waals surface area (Å²) in [6.45, 7) is 6.75. The minimum Gasteiger partial charge on any atom is -0.494 e. The molecule has 0 bridgehead atoms. The van der Waals surface area contributed by atoms with E-state index in [1.165, 1.54) is 28.8 Å². The number of halogens is 1. The Bertz CT molecular complexity index is 1700. The van der Waals surface area contributed by atoms with Crippen LogP contribution >= 0.6 is 0 Å². The second-order valence-electron chi connectivity index (χ2n) is 9.97. The predicted molar refractivity (Wildman–Crippen MR) is 163 cm³/mol. The molecule has 4 rings (SSSR count). The summed E-state index contributed by atoms with van der Waals surface area (Å²) in [6, 6.07) is 9.17. The van der Waals surface area contributed by atoms with Crippen LogP contribution in [0.25, 0.3) is 11.0 Å². The summed E-state index contributed by atoms with van der Waals surface area (Å²) in [7, 11) is 9.02. The number of amides is 1. The van der Waals surface area contributed by atoms with Crippen molar-refractivity contribution in [1.82, 2.24) is 19.4 Å². The number of aryl methyl sites for hydroxylation is 2. The third-order valence-corrected chi connectivity index (χ3v) is 6.57. The van der Waals surface area contributed by atoms with Crippen molar-refractivity contribution >= 4 is 40.0 Å². The van der Waals surface area contributed by atoms with Crippen LogP contribution in [0.4, 0.5) is 27.4 Å². The van der Waals surface area contributed by atoms with E-state index in [1.807, 2.05) is 32.1 Å². The zero-order valence-corrected chi connectivity index (χ0v) is 24.5. The van der Waals surface area contributed by atoms with E-state index in [1.54, 1.807) is 39.4 Å². The van der Waals surface area contributed by atoms with Crippen LogP contribution in [0.15, 0.2) is 60.0 Å². The van der Waals surface area contributed by atoms with Crippen molar-refractivity contribution in [3.05, 3.63) is 77.0 Å². The smallest absolute Gasteiger partial charge is 0.294 e. The molecule has 0 aliphatic carbocycles. The third-order valence-electron chi connectivity index (χ3n) is 6.57. The molecular weight excluding hydrogens is 541 g/mol. The van der Waals surface area contributed by atoms with Gasteiger partial charge >= 0.3 is 0 Å². The molecule has 0 atom stereocenters. The van der Waals surface area contributed by atoms with Crippen LogP contribution in [-0.4, -0.2) is 66.7 Å². The van der Waals surface area contributed by atoms with E-state index in [0.29, 0.717) is 46.0 Å². The van der Waals surface area contributed by atoms with E-state index < -0.39 is 11.4 Å². The van der Waals surface area contributed by atoms with Gasteiger partial charge in [0.05, 0.1) is 24.2 Å². The molecule has 0 unspecified atom stereocenters. The molecule has 11 nitrogen and oxygen atoms in total. The lowest BCUT2D eigenvalue weighted by Gasteiger charge is -2.26. The van der Waals surface area contributed by atoms with Gasteiger partial charge in [0.15, 0.2) is 5.75 Å². The van der Waals surface area contributed by atoms with Crippen LogP contribution < -0.4 is 30.6 Å². The number of fused-ring (bicyclic) bond motifs is 1. The Morgan fingerprint density at radius 3 is 2.52 bits per heavy atom. The zero-order valence-electron chi connectivity index (χ0n) is 24.5. The van der Waals surface area contributed by atoms with Crippen molar-refractivity contribution in [1.29, 1.82) is 0 Å². The SMILES string of the molecule is C=CC(=O)Nc1cc(Nc2ncc3cc(Oc4ccc(F)cc4C)c(=O)n(C)c3n2)c(OC)cc1N(C)CCN(C)C. The highest BCUT2D eigenvalue weighted by molar-refractivity contribution is 6.02. The molecule has 0 radical (unpaired) electrons. The summed E-state index contributed by atoms with van der Waals surface area (Å²) in [5, 5.41) is 6.56. The summed E-state index contributed by atoms with van der Waals surface area (Å²) in [4.78, 5) is 38.4. The first-order valence-electron chi connectivity index (χ1n) is 13.1. The molecule has 0 saturated carbocycles. The lowest BCUT2D eigenvalue weighted by molar-refractivity contribution is -0.111. The van der Waals surface area contributed by atoms with Crippen molar-refractivity contribution in [3.63, 3.8) is 0 Å². The Labute approximate surface area is 243 Å². The Hall–Kier alpha value is -4.97. The van der Waals surface area contributed by atoms with Crippen LogP contribution in [0.3, 0.4) is 0 Å². The van der Waals surface area contributed by atoms with Gasteiger partial charge in [0.25, 0.3) is 5.56 Å². The fourth-order valence-corrected chi connectivity index (χ4v) is 4.22. The van der Waals surface area contributed by atoms with Crippen molar-refractivity contribution < 1.29 is 18.7 Å². The third kappa shape index (κ3) is 6.66. The molecule has 2 N–H and O–H groups in total. The lowest BCUT2D eigenvalue weighted by atomic mass is 10.2. The first kappa shape index (κ1) is 30.0. The number of nitrogens with one attached hydrogen (secondary N) is 2. The normalized spacial score (nSPS) is 11.0.